The molecule has 0 saturated carbocycles. The van der Waals surface area contributed by atoms with Crippen LogP contribution in [0.15, 0.2) is 33.9 Å². The molecule has 0 atom stereocenters. The summed E-state index contributed by atoms with van der Waals surface area (Å²) in [5.74, 6) is -0.771. The SMILES string of the molecule is NC(=O)C1CCN(C(=O)Cn2c(=O)[nH]c(=O)c3ccccc32)CC1. The van der Waals surface area contributed by atoms with Crippen molar-refractivity contribution in [3.05, 3.63) is 45.1 Å². The van der Waals surface area contributed by atoms with E-state index in [0.717, 1.165) is 0 Å². The Balaban J connectivity index is 1.83. The van der Waals surface area contributed by atoms with E-state index in [1.54, 1.807) is 29.2 Å². The quantitative estimate of drug-likeness (QED) is 0.782. The lowest BCUT2D eigenvalue weighted by molar-refractivity contribution is -0.135. The summed E-state index contributed by atoms with van der Waals surface area (Å²) in [6.45, 7) is 0.711. The van der Waals surface area contributed by atoms with Crippen LogP contribution >= 0.6 is 0 Å². The van der Waals surface area contributed by atoms with Crippen LogP contribution < -0.4 is 17.0 Å². The molecule has 0 radical (unpaired) electrons. The zero-order chi connectivity index (χ0) is 17.3. The van der Waals surface area contributed by atoms with E-state index in [1.165, 1.54) is 4.57 Å². The molecule has 2 heterocycles. The van der Waals surface area contributed by atoms with Gasteiger partial charge in [-0.3, -0.25) is 23.9 Å². The predicted molar refractivity (Wildman–Crippen MR) is 87.3 cm³/mol. The van der Waals surface area contributed by atoms with Gasteiger partial charge < -0.3 is 10.6 Å². The lowest BCUT2D eigenvalue weighted by atomic mass is 9.96. The van der Waals surface area contributed by atoms with Gasteiger partial charge in [-0.15, -0.1) is 0 Å². The Morgan fingerprint density at radius 1 is 1.17 bits per heavy atom. The molecule has 0 spiro atoms. The molecular formula is C16H18N4O4. The molecule has 1 fully saturated rings. The third kappa shape index (κ3) is 2.94. The number of rotatable bonds is 3. The third-order valence-electron chi connectivity index (χ3n) is 4.45. The van der Waals surface area contributed by atoms with Gasteiger partial charge in [0.1, 0.15) is 6.54 Å². The van der Waals surface area contributed by atoms with Crippen LogP contribution in [0.4, 0.5) is 0 Å². The van der Waals surface area contributed by atoms with Crippen LogP contribution in [0.1, 0.15) is 12.8 Å². The van der Waals surface area contributed by atoms with Crippen LogP contribution in [0.5, 0.6) is 0 Å². The predicted octanol–water partition coefficient (Wildman–Crippen LogP) is -0.586. The molecule has 0 bridgehead atoms. The summed E-state index contributed by atoms with van der Waals surface area (Å²) in [7, 11) is 0. The molecule has 1 aliphatic rings. The van der Waals surface area contributed by atoms with E-state index in [0.29, 0.717) is 36.8 Å². The number of carbonyl (C=O) groups excluding carboxylic acids is 2. The molecule has 3 N–H and O–H groups in total. The van der Waals surface area contributed by atoms with E-state index in [4.69, 9.17) is 5.73 Å². The van der Waals surface area contributed by atoms with Gasteiger partial charge in [-0.1, -0.05) is 12.1 Å². The van der Waals surface area contributed by atoms with Gasteiger partial charge in [-0.2, -0.15) is 0 Å². The molecule has 1 aromatic heterocycles. The monoisotopic (exact) mass is 330 g/mol. The number of benzene rings is 1. The largest absolute Gasteiger partial charge is 0.369 e. The number of nitrogens with one attached hydrogen (secondary N) is 1. The van der Waals surface area contributed by atoms with Crippen LogP contribution in [0.2, 0.25) is 0 Å². The van der Waals surface area contributed by atoms with Crippen molar-refractivity contribution in [1.82, 2.24) is 14.5 Å². The highest BCUT2D eigenvalue weighted by atomic mass is 16.2. The first kappa shape index (κ1) is 16.0. The highest BCUT2D eigenvalue weighted by Gasteiger charge is 2.26. The minimum Gasteiger partial charge on any atom is -0.369 e. The van der Waals surface area contributed by atoms with Crippen LogP contribution in [0.25, 0.3) is 10.9 Å². The number of aromatic nitrogens is 2. The Kier molecular flexibility index (Phi) is 4.20. The molecule has 1 saturated heterocycles. The third-order valence-corrected chi connectivity index (χ3v) is 4.45. The first-order valence-corrected chi connectivity index (χ1v) is 7.76. The van der Waals surface area contributed by atoms with Crippen molar-refractivity contribution in [1.29, 1.82) is 0 Å². The van der Waals surface area contributed by atoms with Gasteiger partial charge in [0.2, 0.25) is 11.8 Å². The van der Waals surface area contributed by atoms with E-state index in [2.05, 4.69) is 4.98 Å². The van der Waals surface area contributed by atoms with Gasteiger partial charge in [0.05, 0.1) is 10.9 Å². The molecule has 1 aromatic carbocycles. The number of piperidine rings is 1. The number of hydrogen-bond acceptors (Lipinski definition) is 4. The van der Waals surface area contributed by atoms with E-state index in [-0.39, 0.29) is 24.3 Å². The van der Waals surface area contributed by atoms with E-state index in [1.807, 2.05) is 0 Å². The minimum atomic E-state index is -0.612. The molecule has 0 aliphatic carbocycles. The van der Waals surface area contributed by atoms with Gasteiger partial charge >= 0.3 is 5.69 Å². The number of para-hydroxylation sites is 1. The topological polar surface area (TPSA) is 118 Å². The number of hydrogen-bond donors (Lipinski definition) is 2. The lowest BCUT2D eigenvalue weighted by Crippen LogP contribution is -2.44. The van der Waals surface area contributed by atoms with Gasteiger partial charge in [-0.05, 0) is 25.0 Å². The average Bonchev–Trinajstić information content (AvgIpc) is 2.58. The zero-order valence-corrected chi connectivity index (χ0v) is 13.0. The van der Waals surface area contributed by atoms with Crippen molar-refractivity contribution >= 4 is 22.7 Å². The smallest absolute Gasteiger partial charge is 0.329 e. The maximum Gasteiger partial charge on any atom is 0.329 e. The minimum absolute atomic E-state index is 0.155. The number of primary amides is 1. The fourth-order valence-electron chi connectivity index (χ4n) is 3.05. The van der Waals surface area contributed by atoms with Gasteiger partial charge in [-0.25, -0.2) is 4.79 Å². The molecule has 2 amide bonds. The molecule has 0 unspecified atom stereocenters. The van der Waals surface area contributed by atoms with Crippen LogP contribution in [-0.4, -0.2) is 39.4 Å². The van der Waals surface area contributed by atoms with Gasteiger partial charge in [0.25, 0.3) is 5.56 Å². The normalized spacial score (nSPS) is 15.6. The molecule has 126 valence electrons. The standard InChI is InChI=1S/C16H18N4O4/c17-14(22)10-5-7-19(8-6-10)13(21)9-20-12-4-2-1-3-11(12)15(23)18-16(20)24/h1-4,10H,5-9H2,(H2,17,22)(H,18,23,24). The Morgan fingerprint density at radius 3 is 2.50 bits per heavy atom. The number of nitrogens with zero attached hydrogens (tertiary/aromatic N) is 2. The summed E-state index contributed by atoms with van der Waals surface area (Å²) in [6, 6.07) is 6.65. The highest BCUT2D eigenvalue weighted by molar-refractivity contribution is 5.82. The molecule has 8 heteroatoms. The fourth-order valence-corrected chi connectivity index (χ4v) is 3.05. The molecule has 8 nitrogen and oxygen atoms in total. The Hall–Kier alpha value is -2.90. The van der Waals surface area contributed by atoms with E-state index in [9.17, 15) is 19.2 Å². The summed E-state index contributed by atoms with van der Waals surface area (Å²) in [5.41, 5.74) is 4.63. The van der Waals surface area contributed by atoms with E-state index >= 15 is 0 Å². The van der Waals surface area contributed by atoms with Crippen molar-refractivity contribution < 1.29 is 9.59 Å². The number of amides is 2. The molecule has 24 heavy (non-hydrogen) atoms. The number of nitrogens with two attached hydrogens (primary N) is 1. The second-order valence-corrected chi connectivity index (χ2v) is 5.92. The number of fused-ring (bicyclic) bond motifs is 1. The molecule has 1 aliphatic heterocycles. The van der Waals surface area contributed by atoms with Crippen molar-refractivity contribution in [3.8, 4) is 0 Å². The number of likely N-dealkylation sites (tertiary alicyclic amines) is 1. The fraction of sp³-hybridized carbons (Fsp3) is 0.375. The molecule has 3 rings (SSSR count). The highest BCUT2D eigenvalue weighted by Crippen LogP contribution is 2.17. The maximum atomic E-state index is 12.5. The summed E-state index contributed by atoms with van der Waals surface area (Å²) in [6.07, 6.45) is 1.06. The second kappa shape index (κ2) is 6.31. The summed E-state index contributed by atoms with van der Waals surface area (Å²) >= 11 is 0. The first-order chi connectivity index (χ1) is 11.5. The summed E-state index contributed by atoms with van der Waals surface area (Å²) < 4.78 is 1.26. The van der Waals surface area contributed by atoms with Crippen molar-refractivity contribution in [2.75, 3.05) is 13.1 Å². The zero-order valence-electron chi connectivity index (χ0n) is 13.0. The lowest BCUT2D eigenvalue weighted by Gasteiger charge is -2.30. The summed E-state index contributed by atoms with van der Waals surface area (Å²) in [4.78, 5) is 51.4. The number of H-pyrrole nitrogens is 1. The van der Waals surface area contributed by atoms with Crippen molar-refractivity contribution in [2.45, 2.75) is 19.4 Å². The number of carbonyl (C=O) groups is 2. The van der Waals surface area contributed by atoms with Crippen LogP contribution in [0.3, 0.4) is 0 Å². The Bertz CT molecular complexity index is 906. The van der Waals surface area contributed by atoms with E-state index < -0.39 is 11.2 Å². The van der Waals surface area contributed by atoms with Gasteiger partial charge in [0.15, 0.2) is 0 Å². The average molecular weight is 330 g/mol. The van der Waals surface area contributed by atoms with Crippen LogP contribution in [-0.2, 0) is 16.1 Å². The summed E-state index contributed by atoms with van der Waals surface area (Å²) in [5, 5.41) is 0.359. The van der Waals surface area contributed by atoms with Crippen molar-refractivity contribution in [3.63, 3.8) is 0 Å². The van der Waals surface area contributed by atoms with Crippen molar-refractivity contribution in [2.24, 2.45) is 11.7 Å². The Morgan fingerprint density at radius 2 is 1.83 bits per heavy atom. The molecular weight excluding hydrogens is 312 g/mol. The second-order valence-electron chi connectivity index (χ2n) is 5.92. The van der Waals surface area contributed by atoms with Gasteiger partial charge in [0, 0.05) is 19.0 Å². The number of aromatic amines is 1. The first-order valence-electron chi connectivity index (χ1n) is 7.76. The Labute approximate surface area is 136 Å². The maximum absolute atomic E-state index is 12.5. The van der Waals surface area contributed by atoms with Crippen LogP contribution in [0, 0.1) is 5.92 Å². The molecule has 2 aromatic rings.